The summed E-state index contributed by atoms with van der Waals surface area (Å²) in [4.78, 5) is 11.8. The molecule has 2 N–H and O–H groups in total. The number of nitrogens with zero attached hydrogens (tertiary/aromatic N) is 3. The van der Waals surface area contributed by atoms with Crippen LogP contribution < -0.4 is 10.6 Å². The first-order valence-electron chi connectivity index (χ1n) is 9.16. The van der Waals surface area contributed by atoms with E-state index in [1.807, 2.05) is 28.8 Å². The molecule has 0 unspecified atom stereocenters. The van der Waals surface area contributed by atoms with Crippen molar-refractivity contribution in [3.63, 3.8) is 0 Å². The molecule has 2 amide bonds. The van der Waals surface area contributed by atoms with E-state index >= 15 is 0 Å². The second kappa shape index (κ2) is 8.80. The molecule has 1 aliphatic rings. The number of urea groups is 1. The molecule has 0 saturated heterocycles. The average molecular weight is 345 g/mol. The van der Waals surface area contributed by atoms with E-state index in [0.717, 1.165) is 17.9 Å². The van der Waals surface area contributed by atoms with Gasteiger partial charge in [0.05, 0.1) is 12.7 Å². The van der Waals surface area contributed by atoms with E-state index in [1.54, 1.807) is 0 Å². The van der Waals surface area contributed by atoms with Crippen LogP contribution in [0.25, 0.3) is 5.65 Å². The SMILES string of the molecule is C[C@H]1CCCC[C@H]1OCCNC(=O)NCCc1nnc2ccccn12. The van der Waals surface area contributed by atoms with Crippen LogP contribution >= 0.6 is 0 Å². The predicted molar refractivity (Wildman–Crippen MR) is 95.5 cm³/mol. The van der Waals surface area contributed by atoms with Crippen molar-refractivity contribution in [3.05, 3.63) is 30.2 Å². The predicted octanol–water partition coefficient (Wildman–Crippen LogP) is 2.17. The number of nitrogens with one attached hydrogen (secondary N) is 2. The van der Waals surface area contributed by atoms with Crippen LogP contribution in [-0.4, -0.2) is 46.4 Å². The van der Waals surface area contributed by atoms with E-state index in [4.69, 9.17) is 4.74 Å². The van der Waals surface area contributed by atoms with Crippen molar-refractivity contribution in [1.82, 2.24) is 25.2 Å². The summed E-state index contributed by atoms with van der Waals surface area (Å²) in [6, 6.07) is 5.60. The maximum atomic E-state index is 11.8. The van der Waals surface area contributed by atoms with Gasteiger partial charge in [-0.15, -0.1) is 10.2 Å². The lowest BCUT2D eigenvalue weighted by molar-refractivity contribution is -0.00242. The molecule has 0 aromatic carbocycles. The van der Waals surface area contributed by atoms with Crippen LogP contribution in [0.1, 0.15) is 38.4 Å². The van der Waals surface area contributed by atoms with Gasteiger partial charge in [-0.3, -0.25) is 4.40 Å². The van der Waals surface area contributed by atoms with Crippen LogP contribution in [0.15, 0.2) is 24.4 Å². The van der Waals surface area contributed by atoms with Gasteiger partial charge in [-0.1, -0.05) is 25.8 Å². The van der Waals surface area contributed by atoms with Gasteiger partial charge in [0.25, 0.3) is 0 Å². The van der Waals surface area contributed by atoms with E-state index in [9.17, 15) is 4.79 Å². The second-order valence-electron chi connectivity index (χ2n) is 6.65. The van der Waals surface area contributed by atoms with Crippen LogP contribution in [0.4, 0.5) is 4.79 Å². The summed E-state index contributed by atoms with van der Waals surface area (Å²) in [5.74, 6) is 1.46. The molecule has 1 fully saturated rings. The Bertz CT molecular complexity index is 687. The maximum absolute atomic E-state index is 11.8. The topological polar surface area (TPSA) is 80.5 Å². The molecule has 7 nitrogen and oxygen atoms in total. The Hall–Kier alpha value is -2.15. The van der Waals surface area contributed by atoms with E-state index in [2.05, 4.69) is 27.8 Å². The van der Waals surface area contributed by atoms with Gasteiger partial charge < -0.3 is 15.4 Å². The lowest BCUT2D eigenvalue weighted by atomic mass is 9.88. The Morgan fingerprint density at radius 2 is 2.08 bits per heavy atom. The van der Waals surface area contributed by atoms with Crippen molar-refractivity contribution in [2.24, 2.45) is 5.92 Å². The minimum Gasteiger partial charge on any atom is -0.376 e. The molecule has 0 aliphatic heterocycles. The standard InChI is InChI=1S/C18H27N5O2/c1-14-6-2-3-7-15(14)25-13-11-20-18(24)19-10-9-17-22-21-16-8-4-5-12-23(16)17/h4-5,8,12,14-15H,2-3,6-7,9-11,13H2,1H3,(H2,19,20,24)/t14-,15+/m0/s1. The molecular weight excluding hydrogens is 318 g/mol. The number of fused-ring (bicyclic) bond motifs is 1. The molecule has 0 spiro atoms. The third-order valence-corrected chi connectivity index (χ3v) is 4.77. The summed E-state index contributed by atoms with van der Waals surface area (Å²) in [7, 11) is 0. The average Bonchev–Trinajstić information content (AvgIpc) is 3.03. The molecule has 136 valence electrons. The molecule has 3 rings (SSSR count). The number of hydrogen-bond donors (Lipinski definition) is 2. The van der Waals surface area contributed by atoms with Crippen molar-refractivity contribution >= 4 is 11.7 Å². The monoisotopic (exact) mass is 345 g/mol. The zero-order valence-electron chi connectivity index (χ0n) is 14.8. The molecule has 2 aromatic rings. The van der Waals surface area contributed by atoms with Crippen LogP contribution in [0.3, 0.4) is 0 Å². The molecule has 1 saturated carbocycles. The summed E-state index contributed by atoms with van der Waals surface area (Å²) in [5.41, 5.74) is 0.816. The van der Waals surface area contributed by atoms with E-state index in [-0.39, 0.29) is 6.03 Å². The molecule has 25 heavy (non-hydrogen) atoms. The molecular formula is C18H27N5O2. The number of hydrogen-bond acceptors (Lipinski definition) is 4. The highest BCUT2D eigenvalue weighted by atomic mass is 16.5. The first-order valence-corrected chi connectivity index (χ1v) is 9.16. The van der Waals surface area contributed by atoms with Crippen LogP contribution in [0.5, 0.6) is 0 Å². The van der Waals surface area contributed by atoms with Gasteiger partial charge in [0.2, 0.25) is 0 Å². The van der Waals surface area contributed by atoms with E-state index < -0.39 is 0 Å². The van der Waals surface area contributed by atoms with Gasteiger partial charge >= 0.3 is 6.03 Å². The third kappa shape index (κ3) is 4.92. The number of carbonyl (C=O) groups excluding carboxylic acids is 1. The first-order chi connectivity index (χ1) is 12.2. The second-order valence-corrected chi connectivity index (χ2v) is 6.65. The van der Waals surface area contributed by atoms with Crippen molar-refractivity contribution in [2.45, 2.75) is 45.1 Å². The summed E-state index contributed by atoms with van der Waals surface area (Å²) in [6.07, 6.45) is 7.85. The van der Waals surface area contributed by atoms with Crippen LogP contribution in [-0.2, 0) is 11.2 Å². The molecule has 7 heteroatoms. The number of ether oxygens (including phenoxy) is 1. The molecule has 0 bridgehead atoms. The minimum absolute atomic E-state index is 0.172. The van der Waals surface area contributed by atoms with Crippen molar-refractivity contribution < 1.29 is 9.53 Å². The zero-order chi connectivity index (χ0) is 17.5. The highest BCUT2D eigenvalue weighted by molar-refractivity contribution is 5.73. The first kappa shape index (κ1) is 17.7. The molecule has 0 radical (unpaired) electrons. The summed E-state index contributed by atoms with van der Waals surface area (Å²) < 4.78 is 7.82. The largest absolute Gasteiger partial charge is 0.376 e. The lowest BCUT2D eigenvalue weighted by Crippen LogP contribution is -2.39. The highest BCUT2D eigenvalue weighted by Gasteiger charge is 2.21. The minimum atomic E-state index is -0.172. The zero-order valence-corrected chi connectivity index (χ0v) is 14.8. The Balaban J connectivity index is 1.30. The van der Waals surface area contributed by atoms with E-state index in [0.29, 0.717) is 38.1 Å². The lowest BCUT2D eigenvalue weighted by Gasteiger charge is -2.28. The number of carbonyl (C=O) groups is 1. The fraction of sp³-hybridized carbons (Fsp3) is 0.611. The van der Waals surface area contributed by atoms with Crippen molar-refractivity contribution in [2.75, 3.05) is 19.7 Å². The summed E-state index contributed by atoms with van der Waals surface area (Å²) in [6.45, 7) is 3.86. The van der Waals surface area contributed by atoms with E-state index in [1.165, 1.54) is 19.3 Å². The number of aromatic nitrogens is 3. The van der Waals surface area contributed by atoms with Crippen LogP contribution in [0.2, 0.25) is 0 Å². The third-order valence-electron chi connectivity index (χ3n) is 4.77. The Kier molecular flexibility index (Phi) is 6.22. The molecule has 1 aliphatic carbocycles. The fourth-order valence-electron chi connectivity index (χ4n) is 3.32. The van der Waals surface area contributed by atoms with Gasteiger partial charge in [-0.2, -0.15) is 0 Å². The van der Waals surface area contributed by atoms with Gasteiger partial charge in [0, 0.05) is 25.7 Å². The quantitative estimate of drug-likeness (QED) is 0.754. The van der Waals surface area contributed by atoms with Crippen molar-refractivity contribution in [3.8, 4) is 0 Å². The number of amides is 2. The van der Waals surface area contributed by atoms with Gasteiger partial charge in [-0.25, -0.2) is 4.79 Å². The summed E-state index contributed by atoms with van der Waals surface area (Å²) >= 11 is 0. The Labute approximate surface area is 148 Å². The van der Waals surface area contributed by atoms with Gasteiger partial charge in [0.15, 0.2) is 5.65 Å². The summed E-state index contributed by atoms with van der Waals surface area (Å²) in [5, 5.41) is 13.9. The fourth-order valence-corrected chi connectivity index (χ4v) is 3.32. The number of rotatable bonds is 7. The smallest absolute Gasteiger partial charge is 0.314 e. The van der Waals surface area contributed by atoms with Crippen LogP contribution in [0, 0.1) is 5.92 Å². The van der Waals surface area contributed by atoms with Gasteiger partial charge in [-0.05, 0) is 30.9 Å². The Morgan fingerprint density at radius 1 is 1.24 bits per heavy atom. The normalized spacial score (nSPS) is 20.5. The van der Waals surface area contributed by atoms with Crippen molar-refractivity contribution in [1.29, 1.82) is 0 Å². The molecule has 2 atom stereocenters. The number of pyridine rings is 1. The molecule has 2 aromatic heterocycles. The highest BCUT2D eigenvalue weighted by Crippen LogP contribution is 2.25. The molecule has 2 heterocycles. The Morgan fingerprint density at radius 3 is 2.96 bits per heavy atom. The maximum Gasteiger partial charge on any atom is 0.314 e. The van der Waals surface area contributed by atoms with Gasteiger partial charge in [0.1, 0.15) is 5.82 Å².